The number of H-pyrrole nitrogens is 1. The molecular weight excluding hydrogens is 307 g/mol. The highest BCUT2D eigenvalue weighted by Gasteiger charge is 2.49. The van der Waals surface area contributed by atoms with Crippen LogP contribution in [-0.4, -0.2) is 28.8 Å². The summed E-state index contributed by atoms with van der Waals surface area (Å²) < 4.78 is 61.7. The van der Waals surface area contributed by atoms with Gasteiger partial charge in [-0.1, -0.05) is 6.07 Å². The van der Waals surface area contributed by atoms with E-state index < -0.39 is 32.2 Å². The monoisotopic (exact) mass is 311 g/mol. The van der Waals surface area contributed by atoms with E-state index in [4.69, 9.17) is 0 Å². The zero-order chi connectivity index (χ0) is 15.1. The average molecular weight is 311 g/mol. The van der Waals surface area contributed by atoms with Gasteiger partial charge in [0.2, 0.25) is 0 Å². The van der Waals surface area contributed by atoms with E-state index in [1.54, 1.807) is 0 Å². The Kier molecular flexibility index (Phi) is 3.04. The van der Waals surface area contributed by atoms with Crippen molar-refractivity contribution in [2.24, 2.45) is 0 Å². The van der Waals surface area contributed by atoms with E-state index in [-0.39, 0.29) is 11.0 Å². The van der Waals surface area contributed by atoms with Crippen molar-refractivity contribution < 1.29 is 30.7 Å². The first-order valence-corrected chi connectivity index (χ1v) is 6.16. The van der Waals surface area contributed by atoms with Gasteiger partial charge in [-0.05, 0) is 6.07 Å². The molecule has 0 saturated heterocycles. The molecule has 0 radical (unpaired) electrons. The molecule has 20 heavy (non-hydrogen) atoms. The molecule has 2 rings (SSSR count). The fourth-order valence-electron chi connectivity index (χ4n) is 1.33. The molecular formula is C8H4F3N3O5S. The van der Waals surface area contributed by atoms with Gasteiger partial charge in [0.25, 0.3) is 5.69 Å². The van der Waals surface area contributed by atoms with Gasteiger partial charge in [0.1, 0.15) is 0 Å². The number of rotatable bonds is 3. The summed E-state index contributed by atoms with van der Waals surface area (Å²) in [6, 6.07) is 2.57. The summed E-state index contributed by atoms with van der Waals surface area (Å²) in [6.45, 7) is 0. The molecule has 0 bridgehead atoms. The molecule has 0 fully saturated rings. The Morgan fingerprint density at radius 1 is 1.35 bits per heavy atom. The van der Waals surface area contributed by atoms with Crippen molar-refractivity contribution in [3.05, 3.63) is 28.3 Å². The minimum absolute atomic E-state index is 0.0356. The predicted octanol–water partition coefficient (Wildman–Crippen LogP) is 1.70. The number of hydrogen-bond donors (Lipinski definition) is 1. The molecule has 1 aromatic carbocycles. The van der Waals surface area contributed by atoms with Crippen LogP contribution in [0, 0.1) is 10.1 Å². The number of nitrogens with one attached hydrogen (secondary N) is 1. The van der Waals surface area contributed by atoms with Crippen molar-refractivity contribution in [2.75, 3.05) is 0 Å². The van der Waals surface area contributed by atoms with Crippen LogP contribution in [0.5, 0.6) is 6.01 Å². The number of fused-ring (bicyclic) bond motifs is 1. The number of non-ortho nitro benzene ring substituents is 1. The number of para-hydroxylation sites is 1. The minimum atomic E-state index is -5.90. The highest BCUT2D eigenvalue weighted by Crippen LogP contribution is 2.29. The van der Waals surface area contributed by atoms with Gasteiger partial charge >= 0.3 is 21.6 Å². The summed E-state index contributed by atoms with van der Waals surface area (Å²) in [4.78, 5) is 15.3. The van der Waals surface area contributed by atoms with Crippen molar-refractivity contribution in [2.45, 2.75) is 5.51 Å². The molecule has 0 unspecified atom stereocenters. The van der Waals surface area contributed by atoms with Crippen LogP contribution in [0.15, 0.2) is 18.2 Å². The Hall–Kier alpha value is -2.37. The zero-order valence-corrected chi connectivity index (χ0v) is 10.0. The topological polar surface area (TPSA) is 115 Å². The summed E-state index contributed by atoms with van der Waals surface area (Å²) in [5.74, 6) is 0. The van der Waals surface area contributed by atoms with Crippen LogP contribution in [0.3, 0.4) is 0 Å². The zero-order valence-electron chi connectivity index (χ0n) is 9.21. The number of hydrogen-bond acceptors (Lipinski definition) is 6. The van der Waals surface area contributed by atoms with E-state index in [0.717, 1.165) is 6.07 Å². The summed E-state index contributed by atoms with van der Waals surface area (Å²) in [6.07, 6.45) is 0. The molecule has 0 aliphatic rings. The molecule has 1 aromatic heterocycles. The molecule has 2 aromatic rings. The van der Waals surface area contributed by atoms with Gasteiger partial charge in [-0.25, -0.2) is 0 Å². The standard InChI is InChI=1S/C8H4F3N3O5S/c9-8(10,11)20(17,18)19-7-12-4-2-1-3-5(14(15)16)6(4)13-7/h1-3H,(H,12,13). The molecule has 0 aliphatic carbocycles. The number of benzene rings is 1. The van der Waals surface area contributed by atoms with E-state index in [2.05, 4.69) is 14.2 Å². The van der Waals surface area contributed by atoms with Crippen LogP contribution in [0.1, 0.15) is 0 Å². The lowest BCUT2D eigenvalue weighted by Crippen LogP contribution is -2.28. The van der Waals surface area contributed by atoms with Gasteiger partial charge in [-0.3, -0.25) is 10.1 Å². The second-order valence-corrected chi connectivity index (χ2v) is 4.99. The third kappa shape index (κ3) is 2.36. The number of halogens is 3. The lowest BCUT2D eigenvalue weighted by Gasteiger charge is -2.05. The van der Waals surface area contributed by atoms with Crippen molar-refractivity contribution in [1.82, 2.24) is 9.97 Å². The number of aromatic amines is 1. The van der Waals surface area contributed by atoms with Crippen molar-refractivity contribution in [3.8, 4) is 6.01 Å². The number of imidazole rings is 1. The summed E-state index contributed by atoms with van der Waals surface area (Å²) in [7, 11) is -5.90. The molecule has 12 heteroatoms. The van der Waals surface area contributed by atoms with Crippen molar-refractivity contribution in [3.63, 3.8) is 0 Å². The first-order valence-electron chi connectivity index (χ1n) is 4.76. The second kappa shape index (κ2) is 4.33. The molecule has 1 heterocycles. The van der Waals surface area contributed by atoms with Gasteiger partial charge in [-0.2, -0.15) is 26.6 Å². The quantitative estimate of drug-likeness (QED) is 0.399. The predicted molar refractivity (Wildman–Crippen MR) is 58.4 cm³/mol. The molecule has 1 N–H and O–H groups in total. The molecule has 0 amide bonds. The number of nitro groups is 1. The fraction of sp³-hybridized carbons (Fsp3) is 0.125. The first-order chi connectivity index (χ1) is 9.12. The Balaban J connectivity index is 2.49. The normalized spacial score (nSPS) is 12.6. The molecule has 0 spiro atoms. The average Bonchev–Trinajstić information content (AvgIpc) is 2.67. The molecule has 108 valence electrons. The summed E-state index contributed by atoms with van der Waals surface area (Å²) >= 11 is 0. The van der Waals surface area contributed by atoms with Crippen LogP contribution in [0.4, 0.5) is 18.9 Å². The van der Waals surface area contributed by atoms with Gasteiger partial charge in [0.05, 0.1) is 10.4 Å². The van der Waals surface area contributed by atoms with E-state index in [0.29, 0.717) is 0 Å². The fourth-order valence-corrected chi connectivity index (χ4v) is 1.71. The third-order valence-electron chi connectivity index (χ3n) is 2.14. The van der Waals surface area contributed by atoms with E-state index in [9.17, 15) is 31.7 Å². The van der Waals surface area contributed by atoms with Gasteiger partial charge in [0, 0.05) is 6.07 Å². The largest absolute Gasteiger partial charge is 0.534 e. The summed E-state index contributed by atoms with van der Waals surface area (Å²) in [5, 5.41) is 10.7. The Morgan fingerprint density at radius 3 is 2.55 bits per heavy atom. The highest BCUT2D eigenvalue weighted by atomic mass is 32.2. The van der Waals surface area contributed by atoms with Gasteiger partial charge in [-0.15, -0.1) is 0 Å². The smallest absolute Gasteiger partial charge is 0.339 e. The van der Waals surface area contributed by atoms with Crippen molar-refractivity contribution in [1.29, 1.82) is 0 Å². The van der Waals surface area contributed by atoms with Crippen LogP contribution in [0.25, 0.3) is 11.0 Å². The van der Waals surface area contributed by atoms with E-state index >= 15 is 0 Å². The maximum atomic E-state index is 12.1. The van der Waals surface area contributed by atoms with Crippen LogP contribution in [0.2, 0.25) is 0 Å². The van der Waals surface area contributed by atoms with Crippen LogP contribution in [-0.2, 0) is 10.1 Å². The first kappa shape index (κ1) is 14.0. The lowest BCUT2D eigenvalue weighted by atomic mass is 10.3. The number of nitrogens with zero attached hydrogens (tertiary/aromatic N) is 2. The number of aromatic nitrogens is 2. The van der Waals surface area contributed by atoms with Crippen molar-refractivity contribution >= 4 is 26.8 Å². The molecule has 0 aliphatic heterocycles. The lowest BCUT2D eigenvalue weighted by molar-refractivity contribution is -0.383. The SMILES string of the molecule is O=[N+]([O-])c1cccc2[nH]c(OS(=O)(=O)C(F)(F)F)nc12. The van der Waals surface area contributed by atoms with E-state index in [1.165, 1.54) is 12.1 Å². The van der Waals surface area contributed by atoms with Gasteiger partial charge in [0.15, 0.2) is 5.52 Å². The summed E-state index contributed by atoms with van der Waals surface area (Å²) in [5.41, 5.74) is -6.48. The van der Waals surface area contributed by atoms with Crippen LogP contribution < -0.4 is 4.18 Å². The minimum Gasteiger partial charge on any atom is -0.339 e. The molecule has 0 atom stereocenters. The Bertz CT molecular complexity index is 782. The Morgan fingerprint density at radius 2 is 2.00 bits per heavy atom. The maximum Gasteiger partial charge on any atom is 0.534 e. The highest BCUT2D eigenvalue weighted by molar-refractivity contribution is 7.87. The Labute approximate surface area is 108 Å². The second-order valence-electron chi connectivity index (χ2n) is 3.46. The maximum absolute atomic E-state index is 12.1. The number of nitro benzene ring substituents is 1. The molecule has 0 saturated carbocycles. The number of alkyl halides is 3. The third-order valence-corrected chi connectivity index (χ3v) is 3.08. The van der Waals surface area contributed by atoms with Gasteiger partial charge < -0.3 is 9.17 Å². The van der Waals surface area contributed by atoms with E-state index in [1.807, 2.05) is 0 Å². The molecule has 8 nitrogen and oxygen atoms in total. The van der Waals surface area contributed by atoms with Crippen LogP contribution >= 0.6 is 0 Å².